The third kappa shape index (κ3) is 3.87. The molecule has 1 aromatic heterocycles. The largest absolute Gasteiger partial charge is 0.485 e. The second kappa shape index (κ2) is 7.24. The van der Waals surface area contributed by atoms with Gasteiger partial charge in [-0.1, -0.05) is 17.3 Å². The zero-order valence-electron chi connectivity index (χ0n) is 12.5. The predicted molar refractivity (Wildman–Crippen MR) is 80.5 cm³/mol. The van der Waals surface area contributed by atoms with Crippen molar-refractivity contribution in [3.05, 3.63) is 71.6 Å². The van der Waals surface area contributed by atoms with Crippen LogP contribution in [0, 0.1) is 17.1 Å². The smallest absolute Gasteiger partial charge is 0.264 e. The molecular formula is C17H12FN3O3. The minimum atomic E-state index is -0.334. The van der Waals surface area contributed by atoms with E-state index in [0.29, 0.717) is 22.9 Å². The summed E-state index contributed by atoms with van der Waals surface area (Å²) in [6, 6.07) is 14.5. The fourth-order valence-corrected chi connectivity index (χ4v) is 1.91. The van der Waals surface area contributed by atoms with Gasteiger partial charge in [-0.15, -0.1) is 0 Å². The molecule has 1 heterocycles. The lowest BCUT2D eigenvalue weighted by molar-refractivity contribution is 0.240. The Labute approximate surface area is 137 Å². The molecule has 0 aliphatic carbocycles. The van der Waals surface area contributed by atoms with Crippen molar-refractivity contribution in [2.75, 3.05) is 0 Å². The summed E-state index contributed by atoms with van der Waals surface area (Å²) in [5.74, 6) is 1.22. The number of benzene rings is 2. The van der Waals surface area contributed by atoms with Crippen LogP contribution in [-0.2, 0) is 13.2 Å². The maximum Gasteiger partial charge on any atom is 0.264 e. The second-order valence-electron chi connectivity index (χ2n) is 4.74. The van der Waals surface area contributed by atoms with E-state index in [1.807, 2.05) is 6.07 Å². The molecule has 7 heteroatoms. The lowest BCUT2D eigenvalue weighted by atomic mass is 10.2. The SMILES string of the molecule is N#Cc1ccccc1OCc1nc(COc2ccc(F)cc2)no1. The van der Waals surface area contributed by atoms with Crippen LogP contribution < -0.4 is 9.47 Å². The van der Waals surface area contributed by atoms with Crippen LogP contribution in [0.15, 0.2) is 53.1 Å². The summed E-state index contributed by atoms with van der Waals surface area (Å²) in [4.78, 5) is 4.13. The highest BCUT2D eigenvalue weighted by molar-refractivity contribution is 5.42. The molecule has 0 unspecified atom stereocenters. The molecule has 0 saturated carbocycles. The number of hydrogen-bond donors (Lipinski definition) is 0. The third-order valence-corrected chi connectivity index (χ3v) is 3.05. The Morgan fingerprint density at radius 3 is 2.62 bits per heavy atom. The van der Waals surface area contributed by atoms with Crippen LogP contribution in [-0.4, -0.2) is 10.1 Å². The van der Waals surface area contributed by atoms with Gasteiger partial charge in [-0.2, -0.15) is 10.2 Å². The fourth-order valence-electron chi connectivity index (χ4n) is 1.91. The standard InChI is InChI=1S/C17H12FN3O3/c18-13-5-7-14(8-6-13)22-10-16-20-17(24-21-16)11-23-15-4-2-1-3-12(15)9-19/h1-8H,10-11H2. The Bertz CT molecular complexity index is 856. The monoisotopic (exact) mass is 325 g/mol. The summed E-state index contributed by atoms with van der Waals surface area (Å²) in [5.41, 5.74) is 0.428. The van der Waals surface area contributed by atoms with Gasteiger partial charge in [0.25, 0.3) is 5.89 Å². The van der Waals surface area contributed by atoms with Gasteiger partial charge in [-0.05, 0) is 36.4 Å². The summed E-state index contributed by atoms with van der Waals surface area (Å²) in [7, 11) is 0. The number of rotatable bonds is 6. The molecule has 0 aliphatic heterocycles. The number of nitrogens with zero attached hydrogens (tertiary/aromatic N) is 3. The van der Waals surface area contributed by atoms with Crippen molar-refractivity contribution in [1.82, 2.24) is 10.1 Å². The van der Waals surface area contributed by atoms with Crippen molar-refractivity contribution in [3.63, 3.8) is 0 Å². The highest BCUT2D eigenvalue weighted by Gasteiger charge is 2.09. The Hall–Kier alpha value is -3.40. The van der Waals surface area contributed by atoms with Crippen molar-refractivity contribution in [2.45, 2.75) is 13.2 Å². The Morgan fingerprint density at radius 2 is 1.83 bits per heavy atom. The molecule has 0 fully saturated rings. The van der Waals surface area contributed by atoms with Gasteiger partial charge in [0.2, 0.25) is 5.82 Å². The van der Waals surface area contributed by atoms with Crippen LogP contribution >= 0.6 is 0 Å². The maximum absolute atomic E-state index is 12.8. The summed E-state index contributed by atoms with van der Waals surface area (Å²) < 4.78 is 28.8. The fraction of sp³-hybridized carbons (Fsp3) is 0.118. The average molecular weight is 325 g/mol. The zero-order chi connectivity index (χ0) is 16.8. The van der Waals surface area contributed by atoms with Gasteiger partial charge >= 0.3 is 0 Å². The molecule has 120 valence electrons. The van der Waals surface area contributed by atoms with Crippen molar-refractivity contribution >= 4 is 0 Å². The lowest BCUT2D eigenvalue weighted by Crippen LogP contribution is -2.00. The Kier molecular flexibility index (Phi) is 4.68. The van der Waals surface area contributed by atoms with Gasteiger partial charge in [0.15, 0.2) is 13.2 Å². The van der Waals surface area contributed by atoms with E-state index in [1.165, 1.54) is 24.3 Å². The quantitative estimate of drug-likeness (QED) is 0.692. The molecule has 0 bridgehead atoms. The molecular weight excluding hydrogens is 313 g/mol. The highest BCUT2D eigenvalue weighted by Crippen LogP contribution is 2.18. The van der Waals surface area contributed by atoms with Crippen molar-refractivity contribution in [1.29, 1.82) is 5.26 Å². The molecule has 0 radical (unpaired) electrons. The van der Waals surface area contributed by atoms with E-state index in [2.05, 4.69) is 10.1 Å². The molecule has 0 atom stereocenters. The van der Waals surface area contributed by atoms with Crippen LogP contribution in [0.3, 0.4) is 0 Å². The van der Waals surface area contributed by atoms with E-state index in [4.69, 9.17) is 19.3 Å². The predicted octanol–water partition coefficient (Wildman–Crippen LogP) is 3.24. The average Bonchev–Trinajstić information content (AvgIpc) is 3.07. The molecule has 0 aliphatic rings. The Morgan fingerprint density at radius 1 is 1.04 bits per heavy atom. The summed E-state index contributed by atoms with van der Waals surface area (Å²) >= 11 is 0. The number of ether oxygens (including phenoxy) is 2. The van der Waals surface area contributed by atoms with Gasteiger partial charge in [0.1, 0.15) is 23.4 Å². The minimum absolute atomic E-state index is 0.0439. The third-order valence-electron chi connectivity index (χ3n) is 3.05. The van der Waals surface area contributed by atoms with Gasteiger partial charge in [-0.25, -0.2) is 4.39 Å². The van der Waals surface area contributed by atoms with Crippen molar-refractivity contribution in [2.24, 2.45) is 0 Å². The van der Waals surface area contributed by atoms with Gasteiger partial charge < -0.3 is 14.0 Å². The highest BCUT2D eigenvalue weighted by atomic mass is 19.1. The summed E-state index contributed by atoms with van der Waals surface area (Å²) in [6.07, 6.45) is 0. The first-order valence-electron chi connectivity index (χ1n) is 7.06. The van der Waals surface area contributed by atoms with Gasteiger partial charge in [-0.3, -0.25) is 0 Å². The molecule has 6 nitrogen and oxygen atoms in total. The molecule has 0 spiro atoms. The second-order valence-corrected chi connectivity index (χ2v) is 4.74. The molecule has 2 aromatic carbocycles. The molecule has 0 saturated heterocycles. The molecule has 0 N–H and O–H groups in total. The number of aromatic nitrogens is 2. The lowest BCUT2D eigenvalue weighted by Gasteiger charge is -2.04. The van der Waals surface area contributed by atoms with Crippen LogP contribution in [0.5, 0.6) is 11.5 Å². The van der Waals surface area contributed by atoms with Crippen LogP contribution in [0.4, 0.5) is 4.39 Å². The van der Waals surface area contributed by atoms with E-state index >= 15 is 0 Å². The van der Waals surface area contributed by atoms with E-state index < -0.39 is 0 Å². The normalized spacial score (nSPS) is 10.2. The van der Waals surface area contributed by atoms with Gasteiger partial charge in [0, 0.05) is 0 Å². The molecule has 0 amide bonds. The molecule has 3 aromatic rings. The van der Waals surface area contributed by atoms with Crippen LogP contribution in [0.25, 0.3) is 0 Å². The first-order chi connectivity index (χ1) is 11.7. The van der Waals surface area contributed by atoms with E-state index in [-0.39, 0.29) is 24.9 Å². The maximum atomic E-state index is 12.8. The summed E-state index contributed by atoms with van der Waals surface area (Å²) in [5, 5.41) is 12.8. The number of para-hydroxylation sites is 1. The minimum Gasteiger partial charge on any atom is -0.485 e. The van der Waals surface area contributed by atoms with Crippen molar-refractivity contribution in [3.8, 4) is 17.6 Å². The van der Waals surface area contributed by atoms with Crippen LogP contribution in [0.2, 0.25) is 0 Å². The van der Waals surface area contributed by atoms with Crippen LogP contribution in [0.1, 0.15) is 17.3 Å². The number of halogens is 1. The topological polar surface area (TPSA) is 81.2 Å². The van der Waals surface area contributed by atoms with E-state index in [1.54, 1.807) is 24.3 Å². The first-order valence-corrected chi connectivity index (χ1v) is 7.06. The number of hydrogen-bond acceptors (Lipinski definition) is 6. The number of nitriles is 1. The van der Waals surface area contributed by atoms with E-state index in [9.17, 15) is 4.39 Å². The first kappa shape index (κ1) is 15.5. The Balaban J connectivity index is 1.55. The molecule has 24 heavy (non-hydrogen) atoms. The van der Waals surface area contributed by atoms with Crippen molar-refractivity contribution < 1.29 is 18.4 Å². The zero-order valence-corrected chi connectivity index (χ0v) is 12.5. The van der Waals surface area contributed by atoms with Gasteiger partial charge in [0.05, 0.1) is 5.56 Å². The molecule has 3 rings (SSSR count). The summed E-state index contributed by atoms with van der Waals surface area (Å²) in [6.45, 7) is 0.131. The van der Waals surface area contributed by atoms with E-state index in [0.717, 1.165) is 0 Å².